The summed E-state index contributed by atoms with van der Waals surface area (Å²) < 4.78 is 31.1. The highest BCUT2D eigenvalue weighted by Crippen LogP contribution is 2.25. The van der Waals surface area contributed by atoms with Crippen LogP contribution < -0.4 is 9.62 Å². The van der Waals surface area contributed by atoms with E-state index in [1.54, 1.807) is 30.5 Å². The molecular weight excluding hydrogens is 402 g/mol. The molecule has 1 aromatic heterocycles. The monoisotopic (exact) mass is 425 g/mol. The summed E-state index contributed by atoms with van der Waals surface area (Å²) in [5.74, 6) is 1.21. The summed E-state index contributed by atoms with van der Waals surface area (Å²) in [6, 6.07) is 14.8. The largest absolute Gasteiger partial charge is 0.441 e. The summed E-state index contributed by atoms with van der Waals surface area (Å²) in [5.41, 5.74) is 3.36. The van der Waals surface area contributed by atoms with Crippen LogP contribution in [0.25, 0.3) is 11.3 Å². The van der Waals surface area contributed by atoms with Gasteiger partial charge >= 0.3 is 0 Å². The lowest BCUT2D eigenvalue weighted by molar-refractivity contribution is -0.116. The van der Waals surface area contributed by atoms with Gasteiger partial charge in [-0.3, -0.25) is 9.10 Å². The van der Waals surface area contributed by atoms with Gasteiger partial charge in [0, 0.05) is 30.6 Å². The fraction of sp³-hybridized carbons (Fsp3) is 0.273. The summed E-state index contributed by atoms with van der Waals surface area (Å²) in [6.45, 7) is 2.52. The Bertz CT molecular complexity index is 1140. The van der Waals surface area contributed by atoms with Gasteiger partial charge in [0.1, 0.15) is 0 Å². The Balaban J connectivity index is 1.31. The third kappa shape index (κ3) is 4.54. The molecule has 2 heterocycles. The van der Waals surface area contributed by atoms with E-state index in [9.17, 15) is 13.2 Å². The van der Waals surface area contributed by atoms with Crippen LogP contribution in [-0.4, -0.2) is 31.6 Å². The number of carbonyl (C=O) groups excluding carboxylic acids is 1. The first-order valence-electron chi connectivity index (χ1n) is 9.83. The SMILES string of the molecule is Cc1ccc(-c2cnc(CCC(=O)Nc3ccc(N4CCCS4(=O)=O)cc3)o2)cc1. The standard InChI is InChI=1S/C22H23N3O4S/c1-16-3-5-17(6-4-16)20-15-23-22(29-20)12-11-21(26)24-18-7-9-19(10-8-18)25-13-2-14-30(25,27)28/h3-10,15H,2,11-14H2,1H3,(H,24,26). The molecule has 1 fully saturated rings. The Morgan fingerprint density at radius 3 is 2.53 bits per heavy atom. The number of amides is 1. The number of hydrogen-bond acceptors (Lipinski definition) is 5. The minimum Gasteiger partial charge on any atom is -0.441 e. The number of rotatable bonds is 6. The maximum absolute atomic E-state index is 12.3. The van der Waals surface area contributed by atoms with Crippen LogP contribution >= 0.6 is 0 Å². The average molecular weight is 426 g/mol. The molecule has 0 saturated carbocycles. The molecule has 0 unspecified atom stereocenters. The van der Waals surface area contributed by atoms with E-state index in [2.05, 4.69) is 10.3 Å². The van der Waals surface area contributed by atoms with Gasteiger partial charge in [-0.2, -0.15) is 0 Å². The van der Waals surface area contributed by atoms with E-state index in [4.69, 9.17) is 4.42 Å². The lowest BCUT2D eigenvalue weighted by Crippen LogP contribution is -2.25. The van der Waals surface area contributed by atoms with Gasteiger partial charge < -0.3 is 9.73 Å². The number of aryl methyl sites for hydroxylation is 2. The van der Waals surface area contributed by atoms with Gasteiger partial charge in [-0.05, 0) is 37.6 Å². The van der Waals surface area contributed by atoms with Gasteiger partial charge in [-0.15, -0.1) is 0 Å². The molecule has 0 radical (unpaired) electrons. The molecule has 2 aromatic carbocycles. The van der Waals surface area contributed by atoms with Crippen LogP contribution in [0.1, 0.15) is 24.3 Å². The molecular formula is C22H23N3O4S. The second kappa shape index (κ2) is 8.31. The van der Waals surface area contributed by atoms with E-state index in [1.807, 2.05) is 31.2 Å². The Morgan fingerprint density at radius 1 is 1.13 bits per heavy atom. The molecule has 1 aliphatic heterocycles. The number of sulfonamides is 1. The molecule has 30 heavy (non-hydrogen) atoms. The number of nitrogens with one attached hydrogen (secondary N) is 1. The second-order valence-electron chi connectivity index (χ2n) is 7.32. The zero-order valence-corrected chi connectivity index (χ0v) is 17.5. The van der Waals surface area contributed by atoms with E-state index in [0.717, 1.165) is 5.56 Å². The van der Waals surface area contributed by atoms with Crippen molar-refractivity contribution in [1.29, 1.82) is 0 Å². The van der Waals surface area contributed by atoms with Crippen molar-refractivity contribution in [3.63, 3.8) is 0 Å². The summed E-state index contributed by atoms with van der Waals surface area (Å²) >= 11 is 0. The van der Waals surface area contributed by atoms with Crippen LogP contribution in [0.4, 0.5) is 11.4 Å². The van der Waals surface area contributed by atoms with E-state index >= 15 is 0 Å². The van der Waals surface area contributed by atoms with E-state index in [0.29, 0.717) is 42.4 Å². The van der Waals surface area contributed by atoms with Crippen LogP contribution in [0.5, 0.6) is 0 Å². The van der Waals surface area contributed by atoms with Gasteiger partial charge in [0.05, 0.1) is 17.6 Å². The van der Waals surface area contributed by atoms with Gasteiger partial charge in [0.25, 0.3) is 0 Å². The summed E-state index contributed by atoms with van der Waals surface area (Å²) in [7, 11) is -3.21. The van der Waals surface area contributed by atoms with Gasteiger partial charge in [-0.1, -0.05) is 29.8 Å². The Labute approximate surface area is 175 Å². The number of hydrogen-bond donors (Lipinski definition) is 1. The maximum atomic E-state index is 12.3. The number of oxazole rings is 1. The Kier molecular flexibility index (Phi) is 5.59. The van der Waals surface area contributed by atoms with Crippen molar-refractivity contribution in [3.8, 4) is 11.3 Å². The molecule has 0 spiro atoms. The predicted molar refractivity (Wildman–Crippen MR) is 116 cm³/mol. The first kappa shape index (κ1) is 20.2. The molecule has 3 aromatic rings. The minimum absolute atomic E-state index is 0.161. The fourth-order valence-corrected chi connectivity index (χ4v) is 4.93. The Morgan fingerprint density at radius 2 is 1.87 bits per heavy atom. The van der Waals surface area contributed by atoms with Crippen molar-refractivity contribution >= 4 is 27.3 Å². The highest BCUT2D eigenvalue weighted by molar-refractivity contribution is 7.93. The number of carbonyl (C=O) groups is 1. The van der Waals surface area contributed by atoms with Crippen molar-refractivity contribution in [2.45, 2.75) is 26.2 Å². The van der Waals surface area contributed by atoms with Crippen molar-refractivity contribution < 1.29 is 17.6 Å². The minimum atomic E-state index is -3.21. The average Bonchev–Trinajstić information content (AvgIpc) is 3.34. The van der Waals surface area contributed by atoms with Crippen LogP contribution in [0, 0.1) is 6.92 Å². The van der Waals surface area contributed by atoms with Gasteiger partial charge in [-0.25, -0.2) is 13.4 Å². The fourth-order valence-electron chi connectivity index (χ4n) is 3.36. The molecule has 0 aliphatic carbocycles. The van der Waals surface area contributed by atoms with Crippen molar-refractivity contribution in [2.24, 2.45) is 0 Å². The quantitative estimate of drug-likeness (QED) is 0.649. The second-order valence-corrected chi connectivity index (χ2v) is 9.33. The number of anilines is 2. The number of benzene rings is 2. The van der Waals surface area contributed by atoms with Crippen molar-refractivity contribution in [2.75, 3.05) is 21.9 Å². The molecule has 0 atom stereocenters. The smallest absolute Gasteiger partial charge is 0.235 e. The van der Waals surface area contributed by atoms with Crippen molar-refractivity contribution in [1.82, 2.24) is 4.98 Å². The van der Waals surface area contributed by atoms with E-state index in [-0.39, 0.29) is 18.1 Å². The van der Waals surface area contributed by atoms with Gasteiger partial charge in [0.2, 0.25) is 15.9 Å². The lowest BCUT2D eigenvalue weighted by atomic mass is 10.1. The number of nitrogens with zero attached hydrogens (tertiary/aromatic N) is 2. The zero-order chi connectivity index (χ0) is 21.1. The van der Waals surface area contributed by atoms with Crippen molar-refractivity contribution in [3.05, 3.63) is 66.2 Å². The third-order valence-electron chi connectivity index (χ3n) is 4.99. The van der Waals surface area contributed by atoms with Crippen LogP contribution in [0.15, 0.2) is 59.1 Å². The van der Waals surface area contributed by atoms with Crippen LogP contribution in [-0.2, 0) is 21.2 Å². The Hall–Kier alpha value is -3.13. The molecule has 0 bridgehead atoms. The molecule has 7 nitrogen and oxygen atoms in total. The molecule has 1 aliphatic rings. The third-order valence-corrected chi connectivity index (χ3v) is 6.86. The zero-order valence-electron chi connectivity index (χ0n) is 16.7. The van der Waals surface area contributed by atoms with Crippen LogP contribution in [0.3, 0.4) is 0 Å². The van der Waals surface area contributed by atoms with E-state index in [1.165, 1.54) is 9.87 Å². The first-order valence-corrected chi connectivity index (χ1v) is 11.4. The van der Waals surface area contributed by atoms with Crippen LogP contribution in [0.2, 0.25) is 0 Å². The molecule has 1 amide bonds. The molecule has 156 valence electrons. The predicted octanol–water partition coefficient (Wildman–Crippen LogP) is 3.76. The number of aromatic nitrogens is 1. The topological polar surface area (TPSA) is 92.5 Å². The normalized spacial score (nSPS) is 15.3. The molecule has 1 saturated heterocycles. The lowest BCUT2D eigenvalue weighted by Gasteiger charge is -2.17. The molecule has 4 rings (SSSR count). The summed E-state index contributed by atoms with van der Waals surface area (Å²) in [4.78, 5) is 16.5. The molecule has 1 N–H and O–H groups in total. The first-order chi connectivity index (χ1) is 14.4. The highest BCUT2D eigenvalue weighted by atomic mass is 32.2. The molecule has 8 heteroatoms. The summed E-state index contributed by atoms with van der Waals surface area (Å²) in [5, 5.41) is 2.82. The highest BCUT2D eigenvalue weighted by Gasteiger charge is 2.28. The summed E-state index contributed by atoms with van der Waals surface area (Å²) in [6.07, 6.45) is 2.92. The van der Waals surface area contributed by atoms with E-state index < -0.39 is 10.0 Å². The maximum Gasteiger partial charge on any atom is 0.235 e. The van der Waals surface area contributed by atoms with Gasteiger partial charge in [0.15, 0.2) is 11.7 Å².